The van der Waals surface area contributed by atoms with Gasteiger partial charge in [-0.3, -0.25) is 0 Å². The quantitative estimate of drug-likeness (QED) is 0.391. The van der Waals surface area contributed by atoms with Crippen molar-refractivity contribution in [2.24, 2.45) is 0 Å². The first-order valence-corrected chi connectivity index (χ1v) is 1.17. The van der Waals surface area contributed by atoms with Crippen LogP contribution < -0.4 is 0 Å². The number of aromatic nitrogens is 4. The van der Waals surface area contributed by atoms with Gasteiger partial charge in [-0.05, 0) is 10.4 Å². The second kappa shape index (κ2) is 3.04. The number of nitrogens with one attached hydrogen (secondary N) is 1. The Bertz CT molecular complexity index is 64.0. The van der Waals surface area contributed by atoms with E-state index in [1.165, 1.54) is 6.33 Å². The van der Waals surface area contributed by atoms with Crippen LogP contribution in [0.2, 0.25) is 0 Å². The molecule has 0 saturated carbocycles. The van der Waals surface area contributed by atoms with Gasteiger partial charge in [0.1, 0.15) is 6.33 Å². The van der Waals surface area contributed by atoms with Gasteiger partial charge in [0, 0.05) is 0 Å². The predicted octanol–water partition coefficient (Wildman–Crippen LogP) is -1.72. The molecule has 0 unspecified atom stereocenters. The van der Waals surface area contributed by atoms with Gasteiger partial charge in [-0.15, -0.1) is 5.10 Å². The molecular weight excluding hydrogens is 92.3 g/mol. The molecule has 0 fully saturated rings. The number of tetrazole rings is 1. The Morgan fingerprint density at radius 2 is 2.33 bits per heavy atom. The van der Waals surface area contributed by atoms with E-state index in [0.717, 1.165) is 0 Å². The number of aromatic amines is 1. The van der Waals surface area contributed by atoms with Crippen LogP contribution in [0.4, 0.5) is 0 Å². The Hall–Kier alpha value is -0.164. The van der Waals surface area contributed by atoms with E-state index in [-0.39, 0.29) is 23.1 Å². The van der Waals surface area contributed by atoms with Gasteiger partial charge in [0.05, 0.1) is 0 Å². The van der Waals surface area contributed by atoms with Gasteiger partial charge < -0.3 is 0 Å². The Morgan fingerprint density at radius 3 is 2.50 bits per heavy atom. The molecule has 0 atom stereocenters. The van der Waals surface area contributed by atoms with E-state index in [9.17, 15) is 0 Å². The predicted molar refractivity (Wildman–Crippen MR) is 22.7 cm³/mol. The number of H-pyrrole nitrogens is 1. The van der Waals surface area contributed by atoms with Crippen molar-refractivity contribution >= 4 is 23.1 Å². The molecular formula is CH4MgN4. The molecule has 1 rings (SSSR count). The van der Waals surface area contributed by atoms with Crippen LogP contribution in [0.25, 0.3) is 0 Å². The van der Waals surface area contributed by atoms with Gasteiger partial charge in [0.2, 0.25) is 0 Å². The van der Waals surface area contributed by atoms with Crippen LogP contribution in [0.3, 0.4) is 0 Å². The molecule has 4 nitrogen and oxygen atoms in total. The SMILES string of the molecule is [MgH2].c1nnn[nH]1. The highest BCUT2D eigenvalue weighted by Crippen LogP contribution is 1.43. The minimum atomic E-state index is 0. The highest BCUT2D eigenvalue weighted by atomic mass is 24.3. The molecule has 0 saturated heterocycles. The average molecular weight is 96.4 g/mol. The van der Waals surface area contributed by atoms with Crippen molar-refractivity contribution in [3.05, 3.63) is 6.33 Å². The van der Waals surface area contributed by atoms with E-state index in [1.54, 1.807) is 0 Å². The third-order valence-corrected chi connectivity index (χ3v) is 0.270. The maximum absolute atomic E-state index is 3.31. The monoisotopic (exact) mass is 96.0 g/mol. The fourth-order valence-corrected chi connectivity index (χ4v) is 0.129. The zero-order valence-corrected chi connectivity index (χ0v) is 2.42. The Kier molecular flexibility index (Phi) is 2.96. The summed E-state index contributed by atoms with van der Waals surface area (Å²) >= 11 is 0. The van der Waals surface area contributed by atoms with Crippen molar-refractivity contribution in [3.63, 3.8) is 0 Å². The summed E-state index contributed by atoms with van der Waals surface area (Å²) in [6.07, 6.45) is 1.40. The number of hydrogen-bond acceptors (Lipinski definition) is 3. The zero-order valence-electron chi connectivity index (χ0n) is 2.42. The third-order valence-electron chi connectivity index (χ3n) is 0.270. The summed E-state index contributed by atoms with van der Waals surface area (Å²) in [4.78, 5) is 0. The molecule has 6 heavy (non-hydrogen) atoms. The van der Waals surface area contributed by atoms with Gasteiger partial charge in [-0.2, -0.15) is 0 Å². The molecule has 1 heterocycles. The van der Waals surface area contributed by atoms with E-state index >= 15 is 0 Å². The molecule has 0 aromatic carbocycles. The molecule has 0 aliphatic heterocycles. The van der Waals surface area contributed by atoms with Crippen molar-refractivity contribution in [1.82, 2.24) is 20.6 Å². The summed E-state index contributed by atoms with van der Waals surface area (Å²) in [7, 11) is 0. The zero-order chi connectivity index (χ0) is 3.54. The Balaban J connectivity index is 0.000000250. The maximum atomic E-state index is 3.31. The summed E-state index contributed by atoms with van der Waals surface area (Å²) in [6, 6.07) is 0. The molecule has 1 N–H and O–H groups in total. The first-order valence-electron chi connectivity index (χ1n) is 1.17. The highest BCUT2D eigenvalue weighted by molar-refractivity contribution is 5.75. The summed E-state index contributed by atoms with van der Waals surface area (Å²) in [5, 5.41) is 12.1. The Labute approximate surface area is 50.5 Å². The standard InChI is InChI=1S/CH2N4.Mg.2H/c1-2-4-5-3-1;;;/h1H,(H,2,3,4,5);;;. The van der Waals surface area contributed by atoms with Crippen LogP contribution in [0.15, 0.2) is 6.33 Å². The van der Waals surface area contributed by atoms with E-state index in [2.05, 4.69) is 20.6 Å². The largest absolute Gasteiger partial charge is 0.316 e. The fraction of sp³-hybridized carbons (Fsp3) is 0. The van der Waals surface area contributed by atoms with Crippen LogP contribution >= 0.6 is 0 Å². The molecule has 0 aliphatic rings. The van der Waals surface area contributed by atoms with Crippen LogP contribution in [0, 0.1) is 0 Å². The number of hydrogen-bond donors (Lipinski definition) is 1. The van der Waals surface area contributed by atoms with Crippen LogP contribution in [0.5, 0.6) is 0 Å². The van der Waals surface area contributed by atoms with Crippen LogP contribution in [-0.4, -0.2) is 43.7 Å². The van der Waals surface area contributed by atoms with Crippen molar-refractivity contribution in [2.75, 3.05) is 0 Å². The Morgan fingerprint density at radius 1 is 1.50 bits per heavy atom. The summed E-state index contributed by atoms with van der Waals surface area (Å²) < 4.78 is 0. The van der Waals surface area contributed by atoms with Gasteiger partial charge in [-0.25, -0.2) is 5.10 Å². The second-order valence-corrected chi connectivity index (χ2v) is 0.563. The second-order valence-electron chi connectivity index (χ2n) is 0.563. The topological polar surface area (TPSA) is 54.5 Å². The smallest absolute Gasteiger partial charge is 0.246 e. The molecule has 0 aliphatic carbocycles. The van der Waals surface area contributed by atoms with Gasteiger partial charge >= 0.3 is 23.1 Å². The normalized spacial score (nSPS) is 6.67. The lowest BCUT2D eigenvalue weighted by Crippen LogP contribution is -1.64. The summed E-state index contributed by atoms with van der Waals surface area (Å²) in [5.41, 5.74) is 0. The molecule has 1 aromatic rings. The van der Waals surface area contributed by atoms with E-state index in [0.29, 0.717) is 0 Å². The molecule has 0 amide bonds. The van der Waals surface area contributed by atoms with E-state index < -0.39 is 0 Å². The maximum Gasteiger partial charge on any atom is 0.316 e. The van der Waals surface area contributed by atoms with Crippen molar-refractivity contribution in [3.8, 4) is 0 Å². The van der Waals surface area contributed by atoms with Crippen molar-refractivity contribution in [1.29, 1.82) is 0 Å². The lowest BCUT2D eigenvalue weighted by Gasteiger charge is -1.42. The minimum Gasteiger partial charge on any atom is -0.246 e. The van der Waals surface area contributed by atoms with Gasteiger partial charge in [-0.1, -0.05) is 0 Å². The lowest BCUT2D eigenvalue weighted by atomic mass is 11.4. The average Bonchev–Trinajstić information content (AvgIpc) is 1.76. The van der Waals surface area contributed by atoms with E-state index in [4.69, 9.17) is 0 Å². The highest BCUT2D eigenvalue weighted by Gasteiger charge is 1.58. The first kappa shape index (κ1) is 5.84. The molecule has 0 bridgehead atoms. The van der Waals surface area contributed by atoms with Crippen LogP contribution in [-0.2, 0) is 0 Å². The van der Waals surface area contributed by atoms with E-state index in [1.807, 2.05) is 0 Å². The van der Waals surface area contributed by atoms with Crippen molar-refractivity contribution < 1.29 is 0 Å². The minimum absolute atomic E-state index is 0. The number of rotatable bonds is 0. The fourth-order valence-electron chi connectivity index (χ4n) is 0.129. The molecule has 0 spiro atoms. The lowest BCUT2D eigenvalue weighted by molar-refractivity contribution is 0.881. The van der Waals surface area contributed by atoms with Crippen LogP contribution in [0.1, 0.15) is 0 Å². The molecule has 0 radical (unpaired) electrons. The van der Waals surface area contributed by atoms with Crippen molar-refractivity contribution in [2.45, 2.75) is 0 Å². The number of nitrogens with zero attached hydrogens (tertiary/aromatic N) is 3. The molecule has 30 valence electrons. The third kappa shape index (κ3) is 1.32. The summed E-state index contributed by atoms with van der Waals surface area (Å²) in [5.74, 6) is 0. The summed E-state index contributed by atoms with van der Waals surface area (Å²) in [6.45, 7) is 0. The molecule has 1 aromatic heterocycles. The first-order chi connectivity index (χ1) is 2.50. The van der Waals surface area contributed by atoms with Gasteiger partial charge in [0.15, 0.2) is 0 Å². The van der Waals surface area contributed by atoms with Gasteiger partial charge in [0.25, 0.3) is 0 Å². The molecule has 5 heteroatoms.